The fourth-order valence-corrected chi connectivity index (χ4v) is 2.60. The molecule has 1 aromatic heterocycles. The van der Waals surface area contributed by atoms with Gasteiger partial charge in [0.2, 0.25) is 0 Å². The van der Waals surface area contributed by atoms with Crippen molar-refractivity contribution < 1.29 is 9.18 Å². The average molecular weight is 391 g/mol. The molecule has 0 atom stereocenters. The minimum atomic E-state index is -0.485. The molecule has 26 heavy (non-hydrogen) atoms. The molecule has 0 spiro atoms. The van der Waals surface area contributed by atoms with Gasteiger partial charge in [-0.05, 0) is 37.3 Å². The third-order valence-electron chi connectivity index (χ3n) is 3.37. The summed E-state index contributed by atoms with van der Waals surface area (Å²) in [7, 11) is 0. The zero-order valence-corrected chi connectivity index (χ0v) is 15.1. The van der Waals surface area contributed by atoms with Crippen LogP contribution in [0.5, 0.6) is 0 Å². The molecule has 0 fully saturated rings. The SMILES string of the molecule is Cc1nc(Nc2cccc(Cl)c2Cl)cc(C(=O)Nc2cccc(F)c2)n1. The second kappa shape index (κ2) is 7.68. The molecule has 132 valence electrons. The quantitative estimate of drug-likeness (QED) is 0.640. The Kier molecular flexibility index (Phi) is 5.35. The molecule has 8 heteroatoms. The average Bonchev–Trinajstić information content (AvgIpc) is 2.58. The number of aryl methyl sites for hydroxylation is 1. The predicted molar refractivity (Wildman–Crippen MR) is 101 cm³/mol. The molecule has 0 unspecified atom stereocenters. The summed E-state index contributed by atoms with van der Waals surface area (Å²) in [6.07, 6.45) is 0. The van der Waals surface area contributed by atoms with Crippen molar-refractivity contribution in [2.75, 3.05) is 10.6 Å². The fraction of sp³-hybridized carbons (Fsp3) is 0.0556. The number of anilines is 3. The van der Waals surface area contributed by atoms with Crippen LogP contribution in [0.15, 0.2) is 48.5 Å². The van der Waals surface area contributed by atoms with Gasteiger partial charge in [0.05, 0.1) is 15.7 Å². The number of halogens is 3. The first-order chi connectivity index (χ1) is 12.4. The number of nitrogens with zero attached hydrogens (tertiary/aromatic N) is 2. The van der Waals surface area contributed by atoms with Crippen molar-refractivity contribution in [3.63, 3.8) is 0 Å². The number of hydrogen-bond acceptors (Lipinski definition) is 4. The van der Waals surface area contributed by atoms with Crippen molar-refractivity contribution in [3.8, 4) is 0 Å². The van der Waals surface area contributed by atoms with Crippen LogP contribution < -0.4 is 10.6 Å². The van der Waals surface area contributed by atoms with Crippen molar-refractivity contribution in [3.05, 3.63) is 75.9 Å². The highest BCUT2D eigenvalue weighted by Gasteiger charge is 2.13. The number of aromatic nitrogens is 2. The van der Waals surface area contributed by atoms with Crippen molar-refractivity contribution >= 4 is 46.3 Å². The lowest BCUT2D eigenvalue weighted by molar-refractivity contribution is 0.102. The zero-order chi connectivity index (χ0) is 18.7. The summed E-state index contributed by atoms with van der Waals surface area (Å²) in [6.45, 7) is 1.66. The zero-order valence-electron chi connectivity index (χ0n) is 13.6. The molecule has 0 aliphatic heterocycles. The number of nitrogens with one attached hydrogen (secondary N) is 2. The van der Waals surface area contributed by atoms with Crippen LogP contribution in [-0.2, 0) is 0 Å². The van der Waals surface area contributed by atoms with E-state index < -0.39 is 11.7 Å². The summed E-state index contributed by atoms with van der Waals surface area (Å²) in [5.41, 5.74) is 1.01. The van der Waals surface area contributed by atoms with Gasteiger partial charge in [-0.2, -0.15) is 0 Å². The van der Waals surface area contributed by atoms with Crippen molar-refractivity contribution in [2.24, 2.45) is 0 Å². The van der Waals surface area contributed by atoms with Crippen LogP contribution in [0.3, 0.4) is 0 Å². The van der Waals surface area contributed by atoms with Crippen molar-refractivity contribution in [1.82, 2.24) is 9.97 Å². The van der Waals surface area contributed by atoms with Crippen LogP contribution in [0.25, 0.3) is 0 Å². The number of amides is 1. The van der Waals surface area contributed by atoms with Crippen molar-refractivity contribution in [2.45, 2.75) is 6.92 Å². The van der Waals surface area contributed by atoms with Crippen LogP contribution in [-0.4, -0.2) is 15.9 Å². The van der Waals surface area contributed by atoms with Gasteiger partial charge >= 0.3 is 0 Å². The van der Waals surface area contributed by atoms with E-state index in [1.165, 1.54) is 24.3 Å². The molecular formula is C18H13Cl2FN4O. The molecule has 0 saturated carbocycles. The fourth-order valence-electron chi connectivity index (χ4n) is 2.25. The number of benzene rings is 2. The largest absolute Gasteiger partial charge is 0.339 e. The van der Waals surface area contributed by atoms with Gasteiger partial charge in [0.25, 0.3) is 5.91 Å². The Bertz CT molecular complexity index is 981. The van der Waals surface area contributed by atoms with Crippen LogP contribution >= 0.6 is 23.2 Å². The highest BCUT2D eigenvalue weighted by molar-refractivity contribution is 6.43. The summed E-state index contributed by atoms with van der Waals surface area (Å²) in [6, 6.07) is 12.2. The van der Waals surface area contributed by atoms with E-state index in [0.717, 1.165) is 0 Å². The monoisotopic (exact) mass is 390 g/mol. The Hall–Kier alpha value is -2.70. The van der Waals surface area contributed by atoms with Gasteiger partial charge in [-0.1, -0.05) is 35.3 Å². The van der Waals surface area contributed by atoms with E-state index in [4.69, 9.17) is 23.2 Å². The molecule has 2 N–H and O–H groups in total. The molecule has 1 heterocycles. The van der Waals surface area contributed by atoms with Crippen molar-refractivity contribution in [1.29, 1.82) is 0 Å². The minimum Gasteiger partial charge on any atom is -0.339 e. The Morgan fingerprint density at radius 1 is 1.08 bits per heavy atom. The van der Waals surface area contributed by atoms with Gasteiger partial charge in [-0.15, -0.1) is 0 Å². The molecule has 5 nitrogen and oxygen atoms in total. The number of carbonyl (C=O) groups is 1. The molecule has 0 radical (unpaired) electrons. The van der Waals surface area contributed by atoms with Gasteiger partial charge in [0.1, 0.15) is 23.2 Å². The maximum atomic E-state index is 13.3. The number of rotatable bonds is 4. The lowest BCUT2D eigenvalue weighted by atomic mass is 10.2. The first-order valence-corrected chi connectivity index (χ1v) is 8.31. The number of carbonyl (C=O) groups excluding carboxylic acids is 1. The third kappa shape index (κ3) is 4.28. The van der Waals surface area contributed by atoms with Crippen LogP contribution in [0.4, 0.5) is 21.6 Å². The van der Waals surface area contributed by atoms with Gasteiger partial charge in [-0.3, -0.25) is 4.79 Å². The Morgan fingerprint density at radius 3 is 2.62 bits per heavy atom. The summed E-state index contributed by atoms with van der Waals surface area (Å²) in [4.78, 5) is 20.8. The maximum Gasteiger partial charge on any atom is 0.274 e. The second-order valence-corrected chi connectivity index (χ2v) is 6.16. The highest BCUT2D eigenvalue weighted by atomic mass is 35.5. The Morgan fingerprint density at radius 2 is 1.85 bits per heavy atom. The maximum absolute atomic E-state index is 13.3. The Labute approximate surface area is 159 Å². The summed E-state index contributed by atoms with van der Waals surface area (Å²) in [5, 5.41) is 6.35. The van der Waals surface area contributed by atoms with Crippen LogP contribution in [0.1, 0.15) is 16.3 Å². The smallest absolute Gasteiger partial charge is 0.274 e. The van der Waals surface area contributed by atoms with Gasteiger partial charge in [-0.25, -0.2) is 14.4 Å². The van der Waals surface area contributed by atoms with E-state index in [0.29, 0.717) is 33.1 Å². The molecule has 3 aromatic rings. The Balaban J connectivity index is 1.85. The molecule has 1 amide bonds. The van der Waals surface area contributed by atoms with Crippen LogP contribution in [0, 0.1) is 12.7 Å². The lowest BCUT2D eigenvalue weighted by Gasteiger charge is -2.11. The van der Waals surface area contributed by atoms with E-state index in [1.54, 1.807) is 31.2 Å². The molecule has 0 saturated heterocycles. The predicted octanol–water partition coefficient (Wildman–Crippen LogP) is 5.23. The molecule has 0 aliphatic rings. The summed E-state index contributed by atoms with van der Waals surface area (Å²) in [5.74, 6) is -0.162. The number of hydrogen-bond donors (Lipinski definition) is 2. The van der Waals surface area contributed by atoms with Gasteiger partial charge in [0, 0.05) is 11.8 Å². The van der Waals surface area contributed by atoms with E-state index in [1.807, 2.05) is 0 Å². The standard InChI is InChI=1S/C18H13Cl2FN4O/c1-10-22-15(18(26)24-12-5-2-4-11(21)8-12)9-16(23-10)25-14-7-3-6-13(19)17(14)20/h2-9H,1H3,(H,24,26)(H,22,23,25). The van der Waals surface area contributed by atoms with Gasteiger partial charge in [0.15, 0.2) is 0 Å². The molecular weight excluding hydrogens is 378 g/mol. The molecule has 2 aromatic carbocycles. The van der Waals surface area contributed by atoms with E-state index in [2.05, 4.69) is 20.6 Å². The molecule has 0 aliphatic carbocycles. The summed E-state index contributed by atoms with van der Waals surface area (Å²) < 4.78 is 13.3. The minimum absolute atomic E-state index is 0.127. The van der Waals surface area contributed by atoms with Gasteiger partial charge < -0.3 is 10.6 Å². The topological polar surface area (TPSA) is 66.9 Å². The van der Waals surface area contributed by atoms with E-state index >= 15 is 0 Å². The van der Waals surface area contributed by atoms with E-state index in [9.17, 15) is 9.18 Å². The molecule has 3 rings (SSSR count). The van der Waals surface area contributed by atoms with E-state index in [-0.39, 0.29) is 5.69 Å². The summed E-state index contributed by atoms with van der Waals surface area (Å²) >= 11 is 12.2. The third-order valence-corrected chi connectivity index (χ3v) is 4.19. The second-order valence-electron chi connectivity index (χ2n) is 5.38. The normalized spacial score (nSPS) is 10.5. The molecule has 0 bridgehead atoms. The lowest BCUT2D eigenvalue weighted by Crippen LogP contribution is -2.15. The highest BCUT2D eigenvalue weighted by Crippen LogP contribution is 2.31. The first-order valence-electron chi connectivity index (χ1n) is 7.56. The van der Waals surface area contributed by atoms with Crippen LogP contribution in [0.2, 0.25) is 10.0 Å². The first kappa shape index (κ1) is 18.1.